The summed E-state index contributed by atoms with van der Waals surface area (Å²) >= 11 is 0. The summed E-state index contributed by atoms with van der Waals surface area (Å²) in [5.74, 6) is 0. The molecule has 0 aliphatic rings. The molecule has 192 valence electrons. The monoisotopic (exact) mass is 490 g/mol. The van der Waals surface area contributed by atoms with Crippen LogP contribution in [0.25, 0.3) is 0 Å². The van der Waals surface area contributed by atoms with Crippen molar-refractivity contribution in [1.82, 2.24) is 0 Å². The Bertz CT molecular complexity index is 1120. The van der Waals surface area contributed by atoms with Crippen molar-refractivity contribution < 1.29 is 0 Å². The van der Waals surface area contributed by atoms with Crippen LogP contribution in [-0.4, -0.2) is 38.2 Å². The Morgan fingerprint density at radius 3 is 1.56 bits per heavy atom. The minimum atomic E-state index is 0.542. The van der Waals surface area contributed by atoms with Crippen molar-refractivity contribution in [3.8, 4) is 0 Å². The molecular weight excluding hydrogens is 452 g/mol. The number of rotatable bonds is 7. The van der Waals surface area contributed by atoms with Gasteiger partial charge in [0.1, 0.15) is 6.34 Å². The molecule has 0 fully saturated rings. The highest BCUT2D eigenvalue weighted by Gasteiger charge is 2.03. The summed E-state index contributed by atoms with van der Waals surface area (Å²) < 4.78 is 0. The molecular formula is C26H38N10. The van der Waals surface area contributed by atoms with Crippen LogP contribution in [-0.2, 0) is 0 Å². The summed E-state index contributed by atoms with van der Waals surface area (Å²) in [6, 6.07) is 23.8. The van der Waals surface area contributed by atoms with Crippen molar-refractivity contribution in [3.63, 3.8) is 0 Å². The molecule has 0 aliphatic heterocycles. The first-order valence-corrected chi connectivity index (χ1v) is 11.0. The summed E-state index contributed by atoms with van der Waals surface area (Å²) in [5.41, 5.74) is 25.6. The lowest BCUT2D eigenvalue weighted by atomic mass is 10.1. The van der Waals surface area contributed by atoms with Gasteiger partial charge in [0.15, 0.2) is 0 Å². The van der Waals surface area contributed by atoms with E-state index in [-0.39, 0.29) is 0 Å². The third-order valence-corrected chi connectivity index (χ3v) is 4.29. The van der Waals surface area contributed by atoms with Crippen LogP contribution < -0.4 is 33.6 Å². The molecule has 12 N–H and O–H groups in total. The molecule has 0 radical (unpaired) electrons. The smallest absolute Gasteiger partial charge is 0.108 e. The van der Waals surface area contributed by atoms with E-state index in [2.05, 4.69) is 38.0 Å². The molecule has 0 aromatic heterocycles. The number of hydrogen-bond donors (Lipinski definition) is 8. The van der Waals surface area contributed by atoms with Crippen LogP contribution in [0.3, 0.4) is 0 Å². The number of benzene rings is 3. The zero-order chi connectivity index (χ0) is 27.3. The Morgan fingerprint density at radius 2 is 1.11 bits per heavy atom. The van der Waals surface area contributed by atoms with Crippen LogP contribution in [0.2, 0.25) is 0 Å². The number of anilines is 4. The minimum absolute atomic E-state index is 0.542. The Balaban J connectivity index is 0.00000159. The molecule has 0 saturated heterocycles. The van der Waals surface area contributed by atoms with E-state index in [4.69, 9.17) is 16.6 Å². The average molecular weight is 491 g/mol. The number of hydrogen-bond acceptors (Lipinski definition) is 8. The van der Waals surface area contributed by atoms with E-state index in [1.54, 1.807) is 6.92 Å². The van der Waals surface area contributed by atoms with Gasteiger partial charge in [-0.3, -0.25) is 5.41 Å². The van der Waals surface area contributed by atoms with Gasteiger partial charge in [-0.05, 0) is 81.5 Å². The molecule has 36 heavy (non-hydrogen) atoms. The van der Waals surface area contributed by atoms with Gasteiger partial charge < -0.3 is 39.0 Å². The number of nitrogens with one attached hydrogen (secondary N) is 4. The fraction of sp³-hybridized carbons (Fsp3) is 0.154. The van der Waals surface area contributed by atoms with Crippen molar-refractivity contribution in [2.75, 3.05) is 24.7 Å². The summed E-state index contributed by atoms with van der Waals surface area (Å²) in [4.78, 5) is 0. The molecule has 3 rings (SSSR count). The van der Waals surface area contributed by atoms with Gasteiger partial charge in [0.05, 0.1) is 12.1 Å². The predicted molar refractivity (Wildman–Crippen MR) is 156 cm³/mol. The maximum absolute atomic E-state index is 7.80. The van der Waals surface area contributed by atoms with E-state index in [0.29, 0.717) is 5.71 Å². The molecule has 0 heterocycles. The Hall–Kier alpha value is -4.54. The Kier molecular flexibility index (Phi) is 16.5. The quantitative estimate of drug-likeness (QED) is 0.140. The molecule has 3 aromatic rings. The molecule has 0 unspecified atom stereocenters. The molecule has 0 aliphatic carbocycles. The van der Waals surface area contributed by atoms with Gasteiger partial charge in [-0.1, -0.05) is 30.3 Å². The molecule has 0 bridgehead atoms. The lowest BCUT2D eigenvalue weighted by Gasteiger charge is -2.12. The van der Waals surface area contributed by atoms with Crippen LogP contribution in [0.15, 0.2) is 83.0 Å². The fourth-order valence-corrected chi connectivity index (χ4v) is 2.84. The maximum atomic E-state index is 7.80. The first-order chi connectivity index (χ1) is 17.5. The largest absolute Gasteiger partial charge is 0.390 e. The lowest BCUT2D eigenvalue weighted by Crippen LogP contribution is -1.98. The van der Waals surface area contributed by atoms with E-state index >= 15 is 0 Å². The summed E-state index contributed by atoms with van der Waals surface area (Å²) in [6.07, 6.45) is 1.92. The molecule has 0 amide bonds. The maximum Gasteiger partial charge on any atom is 0.108 e. The first kappa shape index (κ1) is 31.5. The van der Waals surface area contributed by atoms with Crippen molar-refractivity contribution >= 4 is 46.8 Å². The number of nitrogens with two attached hydrogens (primary N) is 4. The van der Waals surface area contributed by atoms with E-state index in [1.807, 2.05) is 79.7 Å². The second-order valence-electron chi connectivity index (χ2n) is 6.73. The lowest BCUT2D eigenvalue weighted by molar-refractivity contribution is 1.23. The van der Waals surface area contributed by atoms with Crippen molar-refractivity contribution in [1.29, 1.82) is 10.8 Å². The van der Waals surface area contributed by atoms with Gasteiger partial charge >= 0.3 is 0 Å². The molecule has 0 spiro atoms. The van der Waals surface area contributed by atoms with Crippen molar-refractivity contribution in [2.45, 2.75) is 13.8 Å². The third kappa shape index (κ3) is 11.5. The van der Waals surface area contributed by atoms with Gasteiger partial charge in [-0.15, -0.1) is 5.10 Å². The van der Waals surface area contributed by atoms with Gasteiger partial charge in [0.2, 0.25) is 0 Å². The standard InChI is InChI=1S/C23H24N6.CH4N2.2CH5N/c1-16(25)18-6-3-8-20(12-18)27-22-10-5-11-23(14-22)28-21-9-4-7-19(13-21)17(2)29-26-15-24;2-1-3;2*1-2/h3-15,25,27-28H,1-2H3,(H2,24,26);1H,(H3,2,3);2*2H2,1H3/b25-16?,29-17+;;;. The van der Waals surface area contributed by atoms with E-state index in [0.717, 1.165) is 45.9 Å². The molecule has 0 atom stereocenters. The minimum Gasteiger partial charge on any atom is -0.390 e. The van der Waals surface area contributed by atoms with Crippen LogP contribution in [0.5, 0.6) is 0 Å². The molecule has 0 saturated carbocycles. The SMILES string of the molecule is CC(=N)c1cccc(Nc2cccc(Nc3cccc(/C(C)=N/N=C\N)c3)c2)c1.CN.CN.N=CN. The first-order valence-electron chi connectivity index (χ1n) is 11.0. The predicted octanol–water partition coefficient (Wildman–Crippen LogP) is 3.97. The van der Waals surface area contributed by atoms with Gasteiger partial charge in [0, 0.05) is 28.5 Å². The van der Waals surface area contributed by atoms with Crippen LogP contribution >= 0.6 is 0 Å². The van der Waals surface area contributed by atoms with Crippen LogP contribution in [0.1, 0.15) is 25.0 Å². The zero-order valence-corrected chi connectivity index (χ0v) is 21.3. The topological polar surface area (TPSA) is 201 Å². The highest BCUT2D eigenvalue weighted by molar-refractivity contribution is 5.99. The summed E-state index contributed by atoms with van der Waals surface area (Å²) in [5, 5.41) is 28.2. The molecule has 3 aromatic carbocycles. The number of nitrogens with zero attached hydrogens (tertiary/aromatic N) is 2. The zero-order valence-electron chi connectivity index (χ0n) is 21.3. The van der Waals surface area contributed by atoms with Crippen LogP contribution in [0.4, 0.5) is 22.7 Å². The van der Waals surface area contributed by atoms with Crippen LogP contribution in [0, 0.1) is 10.8 Å². The average Bonchev–Trinajstić information content (AvgIpc) is 2.90. The molecule has 10 nitrogen and oxygen atoms in total. The fourth-order valence-electron chi connectivity index (χ4n) is 2.84. The van der Waals surface area contributed by atoms with E-state index < -0.39 is 0 Å². The van der Waals surface area contributed by atoms with E-state index in [9.17, 15) is 0 Å². The summed E-state index contributed by atoms with van der Waals surface area (Å²) in [6.45, 7) is 3.67. The highest BCUT2D eigenvalue weighted by atomic mass is 15.2. The Morgan fingerprint density at radius 1 is 0.722 bits per heavy atom. The van der Waals surface area contributed by atoms with Crippen molar-refractivity contribution in [3.05, 3.63) is 83.9 Å². The van der Waals surface area contributed by atoms with Gasteiger partial charge in [0.25, 0.3) is 0 Å². The van der Waals surface area contributed by atoms with E-state index in [1.165, 1.54) is 20.4 Å². The highest BCUT2D eigenvalue weighted by Crippen LogP contribution is 2.24. The van der Waals surface area contributed by atoms with Crippen molar-refractivity contribution in [2.24, 2.45) is 33.1 Å². The second-order valence-corrected chi connectivity index (χ2v) is 6.73. The summed E-state index contributed by atoms with van der Waals surface area (Å²) in [7, 11) is 3.00. The molecule has 10 heteroatoms. The third-order valence-electron chi connectivity index (χ3n) is 4.29. The Labute approximate surface area is 213 Å². The normalized spacial score (nSPS) is 9.89. The van der Waals surface area contributed by atoms with Gasteiger partial charge in [-0.2, -0.15) is 5.10 Å². The second kappa shape index (κ2) is 18.8. The van der Waals surface area contributed by atoms with Gasteiger partial charge in [-0.25, -0.2) is 0 Å².